The van der Waals surface area contributed by atoms with Gasteiger partial charge in [0.15, 0.2) is 0 Å². The van der Waals surface area contributed by atoms with E-state index < -0.39 is 0 Å². The van der Waals surface area contributed by atoms with E-state index in [-0.39, 0.29) is 5.91 Å². The first-order chi connectivity index (χ1) is 9.34. The van der Waals surface area contributed by atoms with Crippen LogP contribution in [0.1, 0.15) is 12.0 Å². The number of nitrogens with zero attached hydrogens (tertiary/aromatic N) is 1. The monoisotopic (exact) mass is 249 g/mol. The Morgan fingerprint density at radius 3 is 2.21 bits per heavy atom. The molecule has 19 heavy (non-hydrogen) atoms. The molecule has 2 heteroatoms. The largest absolute Gasteiger partial charge is 0.308 e. The summed E-state index contributed by atoms with van der Waals surface area (Å²) < 4.78 is 0. The Hall–Kier alpha value is -2.35. The lowest BCUT2D eigenvalue weighted by Crippen LogP contribution is -2.24. The molecule has 0 bridgehead atoms. The molecule has 0 aliphatic carbocycles. The van der Waals surface area contributed by atoms with Crippen molar-refractivity contribution in [3.8, 4) is 0 Å². The van der Waals surface area contributed by atoms with Crippen LogP contribution < -0.4 is 4.90 Å². The van der Waals surface area contributed by atoms with Gasteiger partial charge in [-0.25, -0.2) is 0 Å². The van der Waals surface area contributed by atoms with E-state index in [1.807, 2.05) is 71.6 Å². The van der Waals surface area contributed by atoms with E-state index in [0.29, 0.717) is 0 Å². The minimum atomic E-state index is 0.120. The number of rotatable bonds is 2. The second-order valence-corrected chi connectivity index (χ2v) is 4.62. The molecule has 2 nitrogen and oxygen atoms in total. The molecule has 0 radical (unpaired) electrons. The van der Waals surface area contributed by atoms with Gasteiger partial charge in [-0.15, -0.1) is 0 Å². The van der Waals surface area contributed by atoms with Crippen LogP contribution in [-0.4, -0.2) is 12.5 Å². The van der Waals surface area contributed by atoms with Crippen LogP contribution >= 0.6 is 0 Å². The summed E-state index contributed by atoms with van der Waals surface area (Å²) in [4.78, 5) is 14.2. The molecule has 1 amide bonds. The summed E-state index contributed by atoms with van der Waals surface area (Å²) in [5.74, 6) is 0.120. The van der Waals surface area contributed by atoms with Crippen molar-refractivity contribution in [3.05, 3.63) is 71.8 Å². The Morgan fingerprint density at radius 2 is 1.53 bits per heavy atom. The highest BCUT2D eigenvalue weighted by Crippen LogP contribution is 2.25. The molecular formula is C17H15NO. The van der Waals surface area contributed by atoms with Crippen LogP contribution in [0.15, 0.2) is 66.2 Å². The van der Waals surface area contributed by atoms with Crippen molar-refractivity contribution in [2.45, 2.75) is 6.42 Å². The molecule has 2 aromatic carbocycles. The Labute approximate surface area is 113 Å². The van der Waals surface area contributed by atoms with Crippen LogP contribution in [0.3, 0.4) is 0 Å². The van der Waals surface area contributed by atoms with Gasteiger partial charge < -0.3 is 4.90 Å². The summed E-state index contributed by atoms with van der Waals surface area (Å²) >= 11 is 0. The molecular weight excluding hydrogens is 234 g/mol. The number of para-hydroxylation sites is 1. The van der Waals surface area contributed by atoms with E-state index in [1.54, 1.807) is 0 Å². The first kappa shape index (κ1) is 11.7. The maximum Gasteiger partial charge on any atom is 0.254 e. The lowest BCUT2D eigenvalue weighted by Gasteiger charge is -2.14. The van der Waals surface area contributed by atoms with Crippen LogP contribution in [0.2, 0.25) is 0 Å². The average Bonchev–Trinajstić information content (AvgIpc) is 2.82. The highest BCUT2D eigenvalue weighted by molar-refractivity contribution is 6.10. The van der Waals surface area contributed by atoms with E-state index in [4.69, 9.17) is 0 Å². The highest BCUT2D eigenvalue weighted by Gasteiger charge is 2.26. The zero-order valence-electron chi connectivity index (χ0n) is 10.6. The molecule has 1 heterocycles. The molecule has 0 N–H and O–H groups in total. The second kappa shape index (κ2) is 5.11. The van der Waals surface area contributed by atoms with E-state index in [2.05, 4.69) is 0 Å². The summed E-state index contributed by atoms with van der Waals surface area (Å²) in [6, 6.07) is 19.8. The molecule has 2 aromatic rings. The number of carbonyl (C=O) groups excluding carboxylic acids is 1. The quantitative estimate of drug-likeness (QED) is 0.746. The smallest absolute Gasteiger partial charge is 0.254 e. The third kappa shape index (κ3) is 2.43. The Bertz CT molecular complexity index is 602. The number of amides is 1. The molecule has 0 unspecified atom stereocenters. The Balaban J connectivity index is 1.85. The van der Waals surface area contributed by atoms with Crippen LogP contribution in [0, 0.1) is 0 Å². The average molecular weight is 249 g/mol. The van der Waals surface area contributed by atoms with Gasteiger partial charge in [-0.2, -0.15) is 0 Å². The molecule has 94 valence electrons. The zero-order valence-corrected chi connectivity index (χ0v) is 10.6. The topological polar surface area (TPSA) is 20.3 Å². The molecule has 3 rings (SSSR count). The van der Waals surface area contributed by atoms with Crippen molar-refractivity contribution in [2.75, 3.05) is 11.4 Å². The number of carbonyl (C=O) groups is 1. The van der Waals surface area contributed by atoms with E-state index in [9.17, 15) is 4.79 Å². The fourth-order valence-corrected chi connectivity index (χ4v) is 2.35. The number of hydrogen-bond donors (Lipinski definition) is 0. The summed E-state index contributed by atoms with van der Waals surface area (Å²) in [6.07, 6.45) is 2.80. The van der Waals surface area contributed by atoms with Crippen molar-refractivity contribution in [3.63, 3.8) is 0 Å². The molecule has 1 aliphatic rings. The molecule has 1 fully saturated rings. The fraction of sp³-hybridized carbons (Fsp3) is 0.118. The lowest BCUT2D eigenvalue weighted by molar-refractivity contribution is -0.114. The minimum Gasteiger partial charge on any atom is -0.308 e. The molecule has 0 aromatic heterocycles. The Kier molecular flexibility index (Phi) is 3.15. The summed E-state index contributed by atoms with van der Waals surface area (Å²) in [5, 5.41) is 0. The van der Waals surface area contributed by atoms with Crippen LogP contribution in [-0.2, 0) is 4.79 Å². The summed E-state index contributed by atoms with van der Waals surface area (Å²) in [7, 11) is 0. The van der Waals surface area contributed by atoms with Gasteiger partial charge in [0, 0.05) is 17.8 Å². The van der Waals surface area contributed by atoms with Crippen LogP contribution in [0.25, 0.3) is 6.08 Å². The first-order valence-electron chi connectivity index (χ1n) is 6.47. The van der Waals surface area contributed by atoms with Crippen molar-refractivity contribution in [2.24, 2.45) is 0 Å². The predicted octanol–water partition coefficient (Wildman–Crippen LogP) is 3.51. The maximum atomic E-state index is 12.4. The lowest BCUT2D eigenvalue weighted by atomic mass is 10.1. The van der Waals surface area contributed by atoms with Gasteiger partial charge in [0.2, 0.25) is 0 Å². The third-order valence-electron chi connectivity index (χ3n) is 3.33. The predicted molar refractivity (Wildman–Crippen MR) is 77.8 cm³/mol. The fourth-order valence-electron chi connectivity index (χ4n) is 2.35. The standard InChI is InChI=1S/C17H15NO/c19-17-15(13-14-7-3-1-4-8-14)11-12-18(17)16-9-5-2-6-10-16/h1-10,13H,11-12H2/b15-13-. The zero-order chi connectivity index (χ0) is 13.1. The maximum absolute atomic E-state index is 12.4. The van der Waals surface area contributed by atoms with Crippen molar-refractivity contribution in [1.29, 1.82) is 0 Å². The highest BCUT2D eigenvalue weighted by atomic mass is 16.2. The van der Waals surface area contributed by atoms with E-state index in [0.717, 1.165) is 29.8 Å². The van der Waals surface area contributed by atoms with Crippen molar-refractivity contribution < 1.29 is 4.79 Å². The number of anilines is 1. The van der Waals surface area contributed by atoms with Gasteiger partial charge >= 0.3 is 0 Å². The van der Waals surface area contributed by atoms with Gasteiger partial charge in [0.1, 0.15) is 0 Å². The molecule has 0 saturated carbocycles. The van der Waals surface area contributed by atoms with Gasteiger partial charge in [0.05, 0.1) is 0 Å². The molecule has 0 spiro atoms. The van der Waals surface area contributed by atoms with Gasteiger partial charge in [-0.05, 0) is 30.2 Å². The van der Waals surface area contributed by atoms with Crippen LogP contribution in [0.4, 0.5) is 5.69 Å². The SMILES string of the molecule is O=C1/C(=C\c2ccccc2)CCN1c1ccccc1. The second-order valence-electron chi connectivity index (χ2n) is 4.62. The first-order valence-corrected chi connectivity index (χ1v) is 6.47. The molecule has 1 aliphatic heterocycles. The Morgan fingerprint density at radius 1 is 0.895 bits per heavy atom. The minimum absolute atomic E-state index is 0.120. The normalized spacial score (nSPS) is 17.2. The van der Waals surface area contributed by atoms with E-state index in [1.165, 1.54) is 0 Å². The summed E-state index contributed by atoms with van der Waals surface area (Å²) in [5.41, 5.74) is 2.94. The van der Waals surface area contributed by atoms with Gasteiger partial charge in [-0.3, -0.25) is 4.79 Å². The third-order valence-corrected chi connectivity index (χ3v) is 3.33. The number of hydrogen-bond acceptors (Lipinski definition) is 1. The van der Waals surface area contributed by atoms with E-state index >= 15 is 0 Å². The molecule has 0 atom stereocenters. The number of benzene rings is 2. The van der Waals surface area contributed by atoms with Gasteiger partial charge in [0.25, 0.3) is 5.91 Å². The van der Waals surface area contributed by atoms with Crippen LogP contribution in [0.5, 0.6) is 0 Å². The molecule has 1 saturated heterocycles. The van der Waals surface area contributed by atoms with Crippen molar-refractivity contribution >= 4 is 17.7 Å². The van der Waals surface area contributed by atoms with Gasteiger partial charge in [-0.1, -0.05) is 48.5 Å². The summed E-state index contributed by atoms with van der Waals surface area (Å²) in [6.45, 7) is 0.765. The van der Waals surface area contributed by atoms with Crippen molar-refractivity contribution in [1.82, 2.24) is 0 Å².